The molecular weight excluding hydrogens is 514 g/mol. The number of benzene rings is 2. The number of carbonyl (C=O) groups is 4. The molecule has 2 aliphatic carbocycles. The van der Waals surface area contributed by atoms with Crippen LogP contribution in [-0.2, 0) is 32.9 Å². The van der Waals surface area contributed by atoms with Gasteiger partial charge in [0, 0.05) is 31.1 Å². The van der Waals surface area contributed by atoms with Crippen LogP contribution in [0.4, 0.5) is 24.1 Å². The number of hydrogen-bond donors (Lipinski definition) is 2. The summed E-state index contributed by atoms with van der Waals surface area (Å²) < 4.78 is 40.2. The first-order chi connectivity index (χ1) is 18.7. The van der Waals surface area contributed by atoms with Crippen LogP contribution in [-0.4, -0.2) is 60.0 Å². The third-order valence-corrected chi connectivity index (χ3v) is 7.88. The van der Waals surface area contributed by atoms with Crippen LogP contribution in [0.25, 0.3) is 0 Å². The standard InChI is InChI=1S/C27H26F2N4O6/c1-30-25(36)31-20-9-15-6-7-27(18(15)10-19(20)29)24(35)33(26(37)39-27)12-23(34)32-11-16-8-17(28)4-5-22(16)38-13-21(32)14-2-3-14/h4-5,8-10,14,21H,2-3,6-7,11-13H2,1H3,(H2,30,31,36)/t21-,27?/m0/s1. The lowest BCUT2D eigenvalue weighted by Crippen LogP contribution is -2.49. The molecule has 0 radical (unpaired) electrons. The number of nitrogens with one attached hydrogen (secondary N) is 2. The summed E-state index contributed by atoms with van der Waals surface area (Å²) in [6.07, 6.45) is 1.21. The van der Waals surface area contributed by atoms with Crippen molar-refractivity contribution < 1.29 is 37.4 Å². The molecule has 1 saturated carbocycles. The van der Waals surface area contributed by atoms with Crippen LogP contribution in [0.3, 0.4) is 0 Å². The van der Waals surface area contributed by atoms with Crippen LogP contribution >= 0.6 is 0 Å². The first kappa shape index (κ1) is 25.1. The Hall–Kier alpha value is -4.22. The summed E-state index contributed by atoms with van der Waals surface area (Å²) in [7, 11) is 1.39. The average Bonchev–Trinajstić information content (AvgIpc) is 3.68. The zero-order valence-electron chi connectivity index (χ0n) is 21.1. The molecule has 5 amide bonds. The predicted octanol–water partition coefficient (Wildman–Crippen LogP) is 3.04. The minimum atomic E-state index is -1.74. The highest BCUT2D eigenvalue weighted by Crippen LogP contribution is 2.47. The first-order valence-corrected chi connectivity index (χ1v) is 12.8. The number of anilines is 1. The average molecular weight is 541 g/mol. The highest BCUT2D eigenvalue weighted by atomic mass is 19.1. The summed E-state index contributed by atoms with van der Waals surface area (Å²) in [5.41, 5.74) is -0.569. The first-order valence-electron chi connectivity index (χ1n) is 12.8. The largest absolute Gasteiger partial charge is 0.491 e. The van der Waals surface area contributed by atoms with E-state index in [0.29, 0.717) is 23.3 Å². The normalized spacial score (nSPS) is 23.6. The number of aryl methyl sites for hydroxylation is 1. The minimum Gasteiger partial charge on any atom is -0.491 e. The summed E-state index contributed by atoms with van der Waals surface area (Å²) in [5.74, 6) is -1.79. The van der Waals surface area contributed by atoms with Crippen molar-refractivity contribution in [3.05, 3.63) is 58.7 Å². The number of halogens is 2. The fraction of sp³-hybridized carbons (Fsp3) is 0.407. The molecule has 1 spiro atoms. The lowest BCUT2D eigenvalue weighted by molar-refractivity contribution is -0.143. The monoisotopic (exact) mass is 540 g/mol. The van der Waals surface area contributed by atoms with Gasteiger partial charge in [-0.3, -0.25) is 9.59 Å². The van der Waals surface area contributed by atoms with Crippen LogP contribution in [0.15, 0.2) is 30.3 Å². The van der Waals surface area contributed by atoms with E-state index in [1.165, 1.54) is 31.3 Å². The van der Waals surface area contributed by atoms with Crippen LogP contribution in [0.5, 0.6) is 5.75 Å². The van der Waals surface area contributed by atoms with Crippen molar-refractivity contribution in [2.45, 2.75) is 43.9 Å². The van der Waals surface area contributed by atoms with Gasteiger partial charge in [0.05, 0.1) is 11.7 Å². The molecule has 2 aromatic carbocycles. The molecule has 2 atom stereocenters. The predicted molar refractivity (Wildman–Crippen MR) is 132 cm³/mol. The fourth-order valence-electron chi connectivity index (χ4n) is 5.69. The third-order valence-electron chi connectivity index (χ3n) is 7.88. The van der Waals surface area contributed by atoms with Gasteiger partial charge in [-0.15, -0.1) is 0 Å². The fourth-order valence-corrected chi connectivity index (χ4v) is 5.69. The van der Waals surface area contributed by atoms with E-state index in [-0.39, 0.29) is 42.8 Å². The van der Waals surface area contributed by atoms with Crippen molar-refractivity contribution in [2.24, 2.45) is 5.92 Å². The molecule has 1 saturated heterocycles. The molecule has 39 heavy (non-hydrogen) atoms. The summed E-state index contributed by atoms with van der Waals surface area (Å²) in [4.78, 5) is 54.1. The maximum Gasteiger partial charge on any atom is 0.418 e. The van der Waals surface area contributed by atoms with Gasteiger partial charge in [0.15, 0.2) is 0 Å². The van der Waals surface area contributed by atoms with Gasteiger partial charge in [0.1, 0.15) is 30.5 Å². The summed E-state index contributed by atoms with van der Waals surface area (Å²) >= 11 is 0. The molecule has 4 aliphatic rings. The van der Waals surface area contributed by atoms with Crippen LogP contribution in [0.2, 0.25) is 0 Å². The van der Waals surface area contributed by atoms with E-state index in [2.05, 4.69) is 10.6 Å². The number of nitrogens with zero attached hydrogens (tertiary/aromatic N) is 2. The van der Waals surface area contributed by atoms with Gasteiger partial charge in [-0.05, 0) is 61.1 Å². The number of urea groups is 1. The number of carbonyl (C=O) groups excluding carboxylic acids is 4. The topological polar surface area (TPSA) is 117 Å². The van der Waals surface area contributed by atoms with Crippen LogP contribution in [0.1, 0.15) is 36.0 Å². The molecule has 2 N–H and O–H groups in total. The molecule has 0 aromatic heterocycles. The zero-order chi connectivity index (χ0) is 27.5. The minimum absolute atomic E-state index is 0.0693. The van der Waals surface area contributed by atoms with E-state index < -0.39 is 47.7 Å². The Bertz CT molecular complexity index is 1410. The lowest BCUT2D eigenvalue weighted by atomic mass is 9.94. The van der Waals surface area contributed by atoms with E-state index >= 15 is 0 Å². The van der Waals surface area contributed by atoms with Gasteiger partial charge in [-0.1, -0.05) is 0 Å². The SMILES string of the molecule is CNC(=O)Nc1cc2c(cc1F)C1(CC2)OC(=O)N(CC(=O)N2Cc3cc(F)ccc3OC[C@H]2C2CC2)C1=O. The number of rotatable bonds is 4. The van der Waals surface area contributed by atoms with Crippen molar-refractivity contribution in [1.29, 1.82) is 0 Å². The maximum absolute atomic E-state index is 14.9. The second-order valence-electron chi connectivity index (χ2n) is 10.3. The smallest absolute Gasteiger partial charge is 0.418 e. The molecular formula is C27H26F2N4O6. The number of ether oxygens (including phenoxy) is 2. The quantitative estimate of drug-likeness (QED) is 0.616. The Labute approximate surface area is 222 Å². The molecule has 12 heteroatoms. The molecule has 2 heterocycles. The third kappa shape index (κ3) is 4.23. The van der Waals surface area contributed by atoms with Gasteiger partial charge in [-0.2, -0.15) is 0 Å². The molecule has 1 unspecified atom stereocenters. The van der Waals surface area contributed by atoms with Gasteiger partial charge in [-0.25, -0.2) is 23.3 Å². The van der Waals surface area contributed by atoms with E-state index in [1.54, 1.807) is 4.90 Å². The highest BCUT2D eigenvalue weighted by molar-refractivity contribution is 6.06. The Morgan fingerprint density at radius 1 is 1.13 bits per heavy atom. The molecule has 2 aromatic rings. The molecule has 2 aliphatic heterocycles. The van der Waals surface area contributed by atoms with Crippen molar-refractivity contribution in [1.82, 2.24) is 15.1 Å². The lowest BCUT2D eigenvalue weighted by Gasteiger charge is -2.30. The Kier molecular flexibility index (Phi) is 5.92. The second-order valence-corrected chi connectivity index (χ2v) is 10.3. The van der Waals surface area contributed by atoms with Gasteiger partial charge in [0.25, 0.3) is 5.91 Å². The van der Waals surface area contributed by atoms with Gasteiger partial charge >= 0.3 is 12.1 Å². The summed E-state index contributed by atoms with van der Waals surface area (Å²) in [6.45, 7) is -0.275. The Morgan fingerprint density at radius 2 is 1.92 bits per heavy atom. The van der Waals surface area contributed by atoms with Crippen molar-refractivity contribution in [3.8, 4) is 5.75 Å². The Balaban J connectivity index is 1.25. The van der Waals surface area contributed by atoms with Crippen molar-refractivity contribution in [2.75, 3.05) is 25.5 Å². The molecule has 2 fully saturated rings. The van der Waals surface area contributed by atoms with Crippen LogP contribution < -0.4 is 15.4 Å². The van der Waals surface area contributed by atoms with Gasteiger partial charge in [0.2, 0.25) is 11.5 Å². The van der Waals surface area contributed by atoms with E-state index in [9.17, 15) is 28.0 Å². The second kappa shape index (κ2) is 9.21. The van der Waals surface area contributed by atoms with E-state index in [1.807, 2.05) is 0 Å². The van der Waals surface area contributed by atoms with Crippen LogP contribution in [0, 0.1) is 17.6 Å². The highest BCUT2D eigenvalue weighted by Gasteiger charge is 2.59. The Morgan fingerprint density at radius 3 is 2.67 bits per heavy atom. The number of imide groups is 1. The zero-order valence-corrected chi connectivity index (χ0v) is 21.1. The molecule has 6 rings (SSSR count). The summed E-state index contributed by atoms with van der Waals surface area (Å²) in [5, 5.41) is 4.72. The van der Waals surface area contributed by atoms with E-state index in [0.717, 1.165) is 23.8 Å². The van der Waals surface area contributed by atoms with Crippen molar-refractivity contribution in [3.63, 3.8) is 0 Å². The molecule has 204 valence electrons. The molecule has 0 bridgehead atoms. The summed E-state index contributed by atoms with van der Waals surface area (Å²) in [6, 6.07) is 5.74. The number of hydrogen-bond acceptors (Lipinski definition) is 6. The van der Waals surface area contributed by atoms with Crippen molar-refractivity contribution >= 4 is 29.6 Å². The van der Waals surface area contributed by atoms with Gasteiger partial charge < -0.3 is 25.0 Å². The maximum atomic E-state index is 14.9. The number of fused-ring (bicyclic) bond motifs is 3. The van der Waals surface area contributed by atoms with E-state index in [4.69, 9.17) is 9.47 Å². The molecule has 10 nitrogen and oxygen atoms in total. The number of amides is 5.